The number of nitrogens with one attached hydrogen (secondary N) is 4. The number of hydrogen-bond acceptors (Lipinski definition) is 7. The monoisotopic (exact) mass is 553 g/mol. The van der Waals surface area contributed by atoms with Crippen LogP contribution in [0.1, 0.15) is 25.0 Å². The summed E-state index contributed by atoms with van der Waals surface area (Å²) in [5, 5.41) is 37.9. The summed E-state index contributed by atoms with van der Waals surface area (Å²) in [7, 11) is 0. The fourth-order valence-corrected chi connectivity index (χ4v) is 4.19. The molecular weight excluding hydrogens is 518 g/mol. The van der Waals surface area contributed by atoms with Crippen molar-refractivity contribution < 1.29 is 34.5 Å². The van der Waals surface area contributed by atoms with Gasteiger partial charge < -0.3 is 42.0 Å². The van der Waals surface area contributed by atoms with Gasteiger partial charge in [-0.2, -0.15) is 0 Å². The van der Waals surface area contributed by atoms with Gasteiger partial charge >= 0.3 is 5.97 Å². The molecule has 3 aromatic rings. The predicted octanol–water partition coefficient (Wildman–Crippen LogP) is -0.419. The number of H-pyrrole nitrogens is 1. The van der Waals surface area contributed by atoms with Gasteiger partial charge in [0.05, 0.1) is 12.2 Å². The van der Waals surface area contributed by atoms with E-state index in [1.165, 1.54) is 13.8 Å². The summed E-state index contributed by atoms with van der Waals surface area (Å²) in [6.07, 6.45) is -0.941. The van der Waals surface area contributed by atoms with Crippen molar-refractivity contribution in [2.24, 2.45) is 5.73 Å². The Morgan fingerprint density at radius 3 is 2.05 bits per heavy atom. The molecule has 3 amide bonds. The molecular formula is C28H35N5O7. The van der Waals surface area contributed by atoms with Gasteiger partial charge in [0.2, 0.25) is 17.7 Å². The second-order valence-electron chi connectivity index (χ2n) is 9.71. The molecule has 0 aliphatic heterocycles. The number of aliphatic hydroxyl groups is 2. The molecule has 40 heavy (non-hydrogen) atoms. The van der Waals surface area contributed by atoms with Gasteiger partial charge in [-0.1, -0.05) is 48.5 Å². The number of aliphatic hydroxyl groups excluding tert-OH is 2. The van der Waals surface area contributed by atoms with Crippen molar-refractivity contribution in [2.75, 3.05) is 0 Å². The SMILES string of the molecule is CC(O)C(N)C(=O)NC(Cc1ccccc1)C(=O)NC(C(=O)NC(Cc1c[nH]c2ccccc12)C(=O)O)C(C)O. The minimum absolute atomic E-state index is 0.0252. The van der Waals surface area contributed by atoms with Crippen molar-refractivity contribution >= 4 is 34.6 Å². The molecule has 3 rings (SSSR count). The van der Waals surface area contributed by atoms with Crippen molar-refractivity contribution in [3.63, 3.8) is 0 Å². The first-order chi connectivity index (χ1) is 19.0. The van der Waals surface area contributed by atoms with Gasteiger partial charge in [0, 0.05) is 29.9 Å². The highest BCUT2D eigenvalue weighted by molar-refractivity contribution is 5.95. The van der Waals surface area contributed by atoms with Gasteiger partial charge in [0.25, 0.3) is 0 Å². The summed E-state index contributed by atoms with van der Waals surface area (Å²) in [5.41, 5.74) is 7.88. The maximum absolute atomic E-state index is 13.3. The van der Waals surface area contributed by atoms with E-state index in [-0.39, 0.29) is 12.8 Å². The Morgan fingerprint density at radius 2 is 1.43 bits per heavy atom. The van der Waals surface area contributed by atoms with E-state index in [4.69, 9.17) is 5.73 Å². The number of aromatic amines is 1. The molecule has 2 aromatic carbocycles. The normalized spacial score (nSPS) is 15.7. The maximum atomic E-state index is 13.3. The summed E-state index contributed by atoms with van der Waals surface area (Å²) < 4.78 is 0. The molecule has 0 radical (unpaired) electrons. The Bertz CT molecular complexity index is 1320. The number of benzene rings is 2. The first kappa shape index (κ1) is 30.3. The standard InChI is InChI=1S/C28H35N5O7/c1-15(34)23(29)26(37)31-21(12-17-8-4-3-5-9-17)25(36)33-24(16(2)35)27(38)32-22(28(39)40)13-18-14-30-20-11-7-6-10-19(18)20/h3-11,14-16,21-24,30,34-35H,12-13,29H2,1-2H3,(H,31,37)(H,32,38)(H,33,36)(H,39,40). The Balaban J connectivity index is 1.76. The predicted molar refractivity (Wildman–Crippen MR) is 147 cm³/mol. The lowest BCUT2D eigenvalue weighted by Gasteiger charge is -2.27. The number of carboxylic acid groups (broad SMARTS) is 1. The summed E-state index contributed by atoms with van der Waals surface area (Å²) in [4.78, 5) is 54.0. The zero-order valence-corrected chi connectivity index (χ0v) is 22.2. The van der Waals surface area contributed by atoms with Gasteiger partial charge in [-0.05, 0) is 31.0 Å². The third-order valence-corrected chi connectivity index (χ3v) is 6.51. The minimum Gasteiger partial charge on any atom is -0.480 e. The van der Waals surface area contributed by atoms with Crippen LogP contribution in [0.15, 0.2) is 60.8 Å². The zero-order valence-electron chi connectivity index (χ0n) is 22.2. The molecule has 0 saturated carbocycles. The van der Waals surface area contributed by atoms with E-state index in [9.17, 15) is 34.5 Å². The van der Waals surface area contributed by atoms with E-state index < -0.39 is 60.1 Å². The summed E-state index contributed by atoms with van der Waals surface area (Å²) in [6, 6.07) is 10.7. The van der Waals surface area contributed by atoms with E-state index in [0.29, 0.717) is 11.1 Å². The lowest BCUT2D eigenvalue weighted by atomic mass is 10.0. The molecule has 9 N–H and O–H groups in total. The van der Waals surface area contributed by atoms with Gasteiger partial charge in [0.1, 0.15) is 24.2 Å². The van der Waals surface area contributed by atoms with Crippen molar-refractivity contribution in [3.05, 3.63) is 71.9 Å². The summed E-state index contributed by atoms with van der Waals surface area (Å²) in [5.74, 6) is -3.80. The molecule has 1 heterocycles. The molecule has 0 bridgehead atoms. The molecule has 1 aromatic heterocycles. The smallest absolute Gasteiger partial charge is 0.326 e. The van der Waals surface area contributed by atoms with Crippen LogP contribution in [0, 0.1) is 0 Å². The third kappa shape index (κ3) is 7.88. The van der Waals surface area contributed by atoms with Crippen molar-refractivity contribution in [1.82, 2.24) is 20.9 Å². The summed E-state index contributed by atoms with van der Waals surface area (Å²) >= 11 is 0. The van der Waals surface area contributed by atoms with E-state index in [2.05, 4.69) is 20.9 Å². The number of aliphatic carboxylic acids is 1. The van der Waals surface area contributed by atoms with Gasteiger partial charge in [0.15, 0.2) is 0 Å². The highest BCUT2D eigenvalue weighted by Gasteiger charge is 2.33. The van der Waals surface area contributed by atoms with Crippen LogP contribution in [0.25, 0.3) is 10.9 Å². The van der Waals surface area contributed by atoms with Crippen LogP contribution in [0.5, 0.6) is 0 Å². The molecule has 12 heteroatoms. The Kier molecular flexibility index (Phi) is 10.4. The quantitative estimate of drug-likeness (QED) is 0.139. The average molecular weight is 554 g/mol. The van der Waals surface area contributed by atoms with E-state index in [1.807, 2.05) is 24.3 Å². The fraction of sp³-hybridized carbons (Fsp3) is 0.357. The maximum Gasteiger partial charge on any atom is 0.326 e. The van der Waals surface area contributed by atoms with Gasteiger partial charge in [-0.3, -0.25) is 14.4 Å². The zero-order chi connectivity index (χ0) is 29.4. The van der Waals surface area contributed by atoms with Crippen LogP contribution < -0.4 is 21.7 Å². The number of rotatable bonds is 13. The van der Waals surface area contributed by atoms with Crippen molar-refractivity contribution in [1.29, 1.82) is 0 Å². The third-order valence-electron chi connectivity index (χ3n) is 6.51. The Labute approximate surface area is 231 Å². The molecule has 6 unspecified atom stereocenters. The minimum atomic E-state index is -1.53. The number of amides is 3. The number of nitrogens with two attached hydrogens (primary N) is 1. The molecule has 0 fully saturated rings. The molecule has 0 spiro atoms. The first-order valence-corrected chi connectivity index (χ1v) is 12.8. The number of para-hydroxylation sites is 1. The first-order valence-electron chi connectivity index (χ1n) is 12.8. The average Bonchev–Trinajstić information content (AvgIpc) is 3.33. The van der Waals surface area contributed by atoms with Crippen molar-refractivity contribution in [2.45, 2.75) is 63.1 Å². The van der Waals surface area contributed by atoms with Crippen LogP contribution in [0.3, 0.4) is 0 Å². The van der Waals surface area contributed by atoms with Gasteiger partial charge in [-0.25, -0.2) is 4.79 Å². The summed E-state index contributed by atoms with van der Waals surface area (Å²) in [6.45, 7) is 2.60. The molecule has 0 saturated heterocycles. The lowest BCUT2D eigenvalue weighted by Crippen LogP contribution is -2.61. The van der Waals surface area contributed by atoms with E-state index in [0.717, 1.165) is 10.9 Å². The number of aromatic nitrogens is 1. The van der Waals surface area contributed by atoms with Crippen LogP contribution in [0.4, 0.5) is 0 Å². The number of carbonyl (C=O) groups excluding carboxylic acids is 3. The van der Waals surface area contributed by atoms with Crippen LogP contribution in [-0.2, 0) is 32.0 Å². The largest absolute Gasteiger partial charge is 0.480 e. The molecule has 12 nitrogen and oxygen atoms in total. The Hall–Kier alpha value is -4.26. The highest BCUT2D eigenvalue weighted by Crippen LogP contribution is 2.19. The topological polar surface area (TPSA) is 207 Å². The number of carbonyl (C=O) groups is 4. The van der Waals surface area contributed by atoms with Crippen molar-refractivity contribution in [3.8, 4) is 0 Å². The van der Waals surface area contributed by atoms with Crippen LogP contribution in [-0.4, -0.2) is 80.4 Å². The second kappa shape index (κ2) is 13.7. The molecule has 0 aliphatic rings. The second-order valence-corrected chi connectivity index (χ2v) is 9.71. The molecule has 0 aliphatic carbocycles. The molecule has 6 atom stereocenters. The number of hydrogen-bond donors (Lipinski definition) is 8. The van der Waals surface area contributed by atoms with Crippen LogP contribution >= 0.6 is 0 Å². The lowest BCUT2D eigenvalue weighted by molar-refractivity contribution is -0.143. The van der Waals surface area contributed by atoms with Gasteiger partial charge in [-0.15, -0.1) is 0 Å². The number of carboxylic acids is 1. The fourth-order valence-electron chi connectivity index (χ4n) is 4.19. The van der Waals surface area contributed by atoms with E-state index in [1.54, 1.807) is 36.5 Å². The van der Waals surface area contributed by atoms with E-state index >= 15 is 0 Å². The highest BCUT2D eigenvalue weighted by atomic mass is 16.4. The number of fused-ring (bicyclic) bond motifs is 1. The van der Waals surface area contributed by atoms with Crippen LogP contribution in [0.2, 0.25) is 0 Å². The molecule has 214 valence electrons. The Morgan fingerprint density at radius 1 is 0.800 bits per heavy atom.